The number of nitrogens with zero attached hydrogens (tertiary/aromatic N) is 3. The van der Waals surface area contributed by atoms with Gasteiger partial charge in [0.1, 0.15) is 5.69 Å². The molecule has 0 amide bonds. The maximum absolute atomic E-state index is 13.4. The second kappa shape index (κ2) is 7.08. The Bertz CT molecular complexity index is 1250. The van der Waals surface area contributed by atoms with Gasteiger partial charge in [0, 0.05) is 17.7 Å². The van der Waals surface area contributed by atoms with E-state index in [1.807, 2.05) is 55.5 Å². The zero-order chi connectivity index (χ0) is 19.7. The van der Waals surface area contributed by atoms with Gasteiger partial charge in [0.2, 0.25) is 0 Å². The minimum Gasteiger partial charge on any atom is -0.300 e. The summed E-state index contributed by atoms with van der Waals surface area (Å²) in [6.45, 7) is 2.34. The Kier molecular flexibility index (Phi) is 4.45. The third-order valence-corrected chi connectivity index (χ3v) is 4.68. The van der Waals surface area contributed by atoms with Crippen LogP contribution in [-0.4, -0.2) is 14.5 Å². The number of rotatable bonds is 4. The molecule has 0 aliphatic rings. The number of non-ortho nitro benzene ring substituents is 1. The normalized spacial score (nSPS) is 10.9. The van der Waals surface area contributed by atoms with E-state index in [1.165, 1.54) is 12.1 Å². The molecular weight excluding hydrogens is 354 g/mol. The fourth-order valence-electron chi connectivity index (χ4n) is 3.35. The highest BCUT2D eigenvalue weighted by Crippen LogP contribution is 2.23. The molecule has 4 rings (SSSR count). The standard InChI is InChI=1S/C22H17N3O3/c1-15-7-5-12-19-21(15)24(14-16-8-3-2-4-9-16)22(26)20(23-19)17-10-6-11-18(13-17)25(27)28/h2-13H,14H2,1H3. The zero-order valence-corrected chi connectivity index (χ0v) is 15.2. The number of fused-ring (bicyclic) bond motifs is 1. The highest BCUT2D eigenvalue weighted by molar-refractivity contribution is 5.81. The van der Waals surface area contributed by atoms with E-state index < -0.39 is 4.92 Å². The maximum Gasteiger partial charge on any atom is 0.277 e. The lowest BCUT2D eigenvalue weighted by Gasteiger charge is -2.14. The molecule has 0 fully saturated rings. The van der Waals surface area contributed by atoms with Crippen molar-refractivity contribution in [1.82, 2.24) is 9.55 Å². The van der Waals surface area contributed by atoms with Crippen molar-refractivity contribution in [1.29, 1.82) is 0 Å². The predicted octanol–water partition coefficient (Wildman–Crippen LogP) is 4.33. The number of nitro groups is 1. The minimum atomic E-state index is -0.475. The van der Waals surface area contributed by atoms with E-state index in [-0.39, 0.29) is 16.9 Å². The molecule has 0 aliphatic heterocycles. The van der Waals surface area contributed by atoms with Gasteiger partial charge in [-0.05, 0) is 24.1 Å². The number of benzene rings is 3. The van der Waals surface area contributed by atoms with Crippen molar-refractivity contribution in [3.8, 4) is 11.3 Å². The van der Waals surface area contributed by atoms with Crippen LogP contribution < -0.4 is 5.56 Å². The SMILES string of the molecule is Cc1cccc2nc(-c3cccc([N+](=O)[O-])c3)c(=O)n(Cc3ccccc3)c12. The van der Waals surface area contributed by atoms with Crippen LogP contribution in [0.4, 0.5) is 5.69 Å². The smallest absolute Gasteiger partial charge is 0.277 e. The molecule has 0 spiro atoms. The van der Waals surface area contributed by atoms with E-state index in [1.54, 1.807) is 16.7 Å². The summed E-state index contributed by atoms with van der Waals surface area (Å²) < 4.78 is 1.70. The Morgan fingerprint density at radius 3 is 2.50 bits per heavy atom. The zero-order valence-electron chi connectivity index (χ0n) is 15.2. The molecule has 0 saturated heterocycles. The Labute approximate surface area is 160 Å². The van der Waals surface area contributed by atoms with Gasteiger partial charge in [-0.2, -0.15) is 0 Å². The van der Waals surface area contributed by atoms with Crippen molar-refractivity contribution in [2.75, 3.05) is 0 Å². The van der Waals surface area contributed by atoms with E-state index in [4.69, 9.17) is 0 Å². The fraction of sp³-hybridized carbons (Fsp3) is 0.0909. The Morgan fingerprint density at radius 1 is 1.00 bits per heavy atom. The monoisotopic (exact) mass is 371 g/mol. The van der Waals surface area contributed by atoms with Crippen LogP contribution in [0.5, 0.6) is 0 Å². The third-order valence-electron chi connectivity index (χ3n) is 4.68. The van der Waals surface area contributed by atoms with Crippen LogP contribution in [0.1, 0.15) is 11.1 Å². The molecule has 0 N–H and O–H groups in total. The molecule has 28 heavy (non-hydrogen) atoms. The van der Waals surface area contributed by atoms with Gasteiger partial charge >= 0.3 is 0 Å². The van der Waals surface area contributed by atoms with Crippen LogP contribution >= 0.6 is 0 Å². The van der Waals surface area contributed by atoms with Crippen LogP contribution in [0.15, 0.2) is 77.6 Å². The third kappa shape index (κ3) is 3.16. The molecule has 6 heteroatoms. The maximum atomic E-state index is 13.4. The second-order valence-corrected chi connectivity index (χ2v) is 6.59. The lowest BCUT2D eigenvalue weighted by atomic mass is 10.1. The van der Waals surface area contributed by atoms with Crippen LogP contribution in [0.25, 0.3) is 22.3 Å². The van der Waals surface area contributed by atoms with Gasteiger partial charge in [0.25, 0.3) is 11.2 Å². The molecule has 0 atom stereocenters. The highest BCUT2D eigenvalue weighted by Gasteiger charge is 2.16. The van der Waals surface area contributed by atoms with Gasteiger partial charge in [-0.3, -0.25) is 14.9 Å². The summed E-state index contributed by atoms with van der Waals surface area (Å²) in [5, 5.41) is 11.1. The Hall–Kier alpha value is -3.80. The number of hydrogen-bond donors (Lipinski definition) is 0. The molecule has 0 saturated carbocycles. The minimum absolute atomic E-state index is 0.0716. The number of aryl methyl sites for hydroxylation is 1. The summed E-state index contributed by atoms with van der Waals surface area (Å²) in [6, 6.07) is 21.4. The molecule has 0 radical (unpaired) electrons. The highest BCUT2D eigenvalue weighted by atomic mass is 16.6. The molecule has 3 aromatic carbocycles. The molecule has 1 heterocycles. The lowest BCUT2D eigenvalue weighted by molar-refractivity contribution is -0.384. The van der Waals surface area contributed by atoms with Crippen molar-refractivity contribution >= 4 is 16.7 Å². The first-order valence-electron chi connectivity index (χ1n) is 8.83. The molecule has 0 bridgehead atoms. The summed E-state index contributed by atoms with van der Waals surface area (Å²) in [5.74, 6) is 0. The summed E-state index contributed by atoms with van der Waals surface area (Å²) in [5.41, 5.74) is 3.68. The molecule has 0 aliphatic carbocycles. The van der Waals surface area contributed by atoms with E-state index >= 15 is 0 Å². The summed E-state index contributed by atoms with van der Waals surface area (Å²) in [4.78, 5) is 28.6. The number of aromatic nitrogens is 2. The lowest BCUT2D eigenvalue weighted by Crippen LogP contribution is -2.24. The van der Waals surface area contributed by atoms with Crippen LogP contribution in [-0.2, 0) is 6.54 Å². The van der Waals surface area contributed by atoms with Gasteiger partial charge in [0.15, 0.2) is 0 Å². The first-order valence-corrected chi connectivity index (χ1v) is 8.83. The summed E-state index contributed by atoms with van der Waals surface area (Å²) in [6.07, 6.45) is 0. The van der Waals surface area contributed by atoms with Crippen molar-refractivity contribution in [3.05, 3.63) is 104 Å². The van der Waals surface area contributed by atoms with Crippen molar-refractivity contribution in [3.63, 3.8) is 0 Å². The average molecular weight is 371 g/mol. The Balaban J connectivity index is 1.99. The van der Waals surface area contributed by atoms with Crippen molar-refractivity contribution in [2.45, 2.75) is 13.5 Å². The first-order chi connectivity index (χ1) is 13.5. The van der Waals surface area contributed by atoms with Gasteiger partial charge in [0.05, 0.1) is 22.5 Å². The largest absolute Gasteiger partial charge is 0.300 e. The Morgan fingerprint density at radius 2 is 1.75 bits per heavy atom. The predicted molar refractivity (Wildman–Crippen MR) is 108 cm³/mol. The van der Waals surface area contributed by atoms with E-state index in [0.717, 1.165) is 16.6 Å². The molecule has 0 unspecified atom stereocenters. The number of hydrogen-bond acceptors (Lipinski definition) is 4. The first kappa shape index (κ1) is 17.6. The molecule has 1 aromatic heterocycles. The molecule has 138 valence electrons. The second-order valence-electron chi connectivity index (χ2n) is 6.59. The van der Waals surface area contributed by atoms with Crippen LogP contribution in [0.2, 0.25) is 0 Å². The number of para-hydroxylation sites is 1. The van der Waals surface area contributed by atoms with Crippen molar-refractivity contribution in [2.24, 2.45) is 0 Å². The van der Waals surface area contributed by atoms with Crippen molar-refractivity contribution < 1.29 is 4.92 Å². The van der Waals surface area contributed by atoms with E-state index in [2.05, 4.69) is 4.98 Å². The average Bonchev–Trinajstić information content (AvgIpc) is 2.71. The number of nitro benzene ring substituents is 1. The summed E-state index contributed by atoms with van der Waals surface area (Å²) in [7, 11) is 0. The fourth-order valence-corrected chi connectivity index (χ4v) is 3.35. The van der Waals surface area contributed by atoms with E-state index in [0.29, 0.717) is 17.6 Å². The molecule has 4 aromatic rings. The van der Waals surface area contributed by atoms with E-state index in [9.17, 15) is 14.9 Å². The van der Waals surface area contributed by atoms with Crippen LogP contribution in [0, 0.1) is 17.0 Å². The van der Waals surface area contributed by atoms with Gasteiger partial charge in [-0.25, -0.2) is 4.98 Å². The topological polar surface area (TPSA) is 78.0 Å². The van der Waals surface area contributed by atoms with Gasteiger partial charge in [-0.15, -0.1) is 0 Å². The quantitative estimate of drug-likeness (QED) is 0.395. The molecular formula is C22H17N3O3. The van der Waals surface area contributed by atoms with Gasteiger partial charge in [-0.1, -0.05) is 54.6 Å². The summed E-state index contributed by atoms with van der Waals surface area (Å²) >= 11 is 0. The molecule has 6 nitrogen and oxygen atoms in total. The van der Waals surface area contributed by atoms with Gasteiger partial charge < -0.3 is 4.57 Å². The van der Waals surface area contributed by atoms with Crippen LogP contribution in [0.3, 0.4) is 0 Å².